The highest BCUT2D eigenvalue weighted by molar-refractivity contribution is 7.99. The number of hydrogen-bond donors (Lipinski definition) is 0. The summed E-state index contributed by atoms with van der Waals surface area (Å²) in [7, 11) is 0. The summed E-state index contributed by atoms with van der Waals surface area (Å²) in [6, 6.07) is 8.53. The molecule has 2 saturated heterocycles. The SMILES string of the molecule is CCc1ccc(OC2CCOC3(CCSC3)C2)cc1. The number of aryl methyl sites for hydroxylation is 1. The Bertz CT molecular complexity index is 409. The van der Waals surface area contributed by atoms with Crippen molar-refractivity contribution in [2.75, 3.05) is 18.1 Å². The van der Waals surface area contributed by atoms with Gasteiger partial charge >= 0.3 is 0 Å². The van der Waals surface area contributed by atoms with Crippen molar-refractivity contribution in [1.82, 2.24) is 0 Å². The summed E-state index contributed by atoms with van der Waals surface area (Å²) in [6.07, 6.45) is 4.65. The molecule has 0 saturated carbocycles. The molecular formula is C16H22O2S. The van der Waals surface area contributed by atoms with Gasteiger partial charge in [0.25, 0.3) is 0 Å². The van der Waals surface area contributed by atoms with Crippen LogP contribution in [0.3, 0.4) is 0 Å². The first-order valence-corrected chi connectivity index (χ1v) is 8.42. The molecule has 2 nitrogen and oxygen atoms in total. The Labute approximate surface area is 119 Å². The van der Waals surface area contributed by atoms with Crippen LogP contribution in [0.2, 0.25) is 0 Å². The molecule has 3 rings (SSSR count). The summed E-state index contributed by atoms with van der Waals surface area (Å²) in [5.41, 5.74) is 1.47. The van der Waals surface area contributed by atoms with Crippen LogP contribution in [0.4, 0.5) is 0 Å². The second-order valence-electron chi connectivity index (χ2n) is 5.56. The lowest BCUT2D eigenvalue weighted by molar-refractivity contribution is -0.0958. The molecule has 0 aromatic heterocycles. The molecule has 19 heavy (non-hydrogen) atoms. The van der Waals surface area contributed by atoms with E-state index in [0.717, 1.165) is 37.4 Å². The van der Waals surface area contributed by atoms with Gasteiger partial charge in [-0.05, 0) is 36.3 Å². The summed E-state index contributed by atoms with van der Waals surface area (Å²) in [6.45, 7) is 3.02. The first kappa shape index (κ1) is 13.3. The van der Waals surface area contributed by atoms with Crippen molar-refractivity contribution in [2.24, 2.45) is 0 Å². The molecule has 2 unspecified atom stereocenters. The Balaban J connectivity index is 1.62. The third kappa shape index (κ3) is 3.09. The normalized spacial score (nSPS) is 30.7. The number of benzene rings is 1. The Hall–Kier alpha value is -0.670. The standard InChI is InChI=1S/C16H22O2S/c1-2-13-3-5-14(6-4-13)18-15-7-9-17-16(11-15)8-10-19-12-16/h3-6,15H,2,7-12H2,1H3. The highest BCUT2D eigenvalue weighted by atomic mass is 32.2. The zero-order chi connectivity index (χ0) is 13.1. The maximum absolute atomic E-state index is 6.15. The van der Waals surface area contributed by atoms with E-state index in [2.05, 4.69) is 31.2 Å². The predicted octanol–water partition coefficient (Wildman–Crippen LogP) is 3.68. The zero-order valence-corrected chi connectivity index (χ0v) is 12.4. The molecule has 104 valence electrons. The van der Waals surface area contributed by atoms with Gasteiger partial charge in [-0.15, -0.1) is 0 Å². The van der Waals surface area contributed by atoms with E-state index < -0.39 is 0 Å². The average molecular weight is 278 g/mol. The van der Waals surface area contributed by atoms with Crippen LogP contribution in [0.15, 0.2) is 24.3 Å². The van der Waals surface area contributed by atoms with Gasteiger partial charge in [0, 0.05) is 18.6 Å². The van der Waals surface area contributed by atoms with Crippen LogP contribution in [0.25, 0.3) is 0 Å². The Morgan fingerprint density at radius 3 is 2.89 bits per heavy atom. The average Bonchev–Trinajstić information content (AvgIpc) is 2.88. The number of hydrogen-bond acceptors (Lipinski definition) is 3. The smallest absolute Gasteiger partial charge is 0.119 e. The minimum Gasteiger partial charge on any atom is -0.490 e. The minimum absolute atomic E-state index is 0.108. The molecule has 1 aromatic carbocycles. The third-order valence-electron chi connectivity index (χ3n) is 4.15. The van der Waals surface area contributed by atoms with Gasteiger partial charge in [0.1, 0.15) is 11.9 Å². The van der Waals surface area contributed by atoms with Gasteiger partial charge in [0.15, 0.2) is 0 Å². The summed E-state index contributed by atoms with van der Waals surface area (Å²) < 4.78 is 12.2. The molecule has 1 spiro atoms. The topological polar surface area (TPSA) is 18.5 Å². The van der Waals surface area contributed by atoms with Crippen LogP contribution < -0.4 is 4.74 Å². The van der Waals surface area contributed by atoms with Gasteiger partial charge in [-0.1, -0.05) is 19.1 Å². The number of thioether (sulfide) groups is 1. The number of ether oxygens (including phenoxy) is 2. The van der Waals surface area contributed by atoms with Crippen LogP contribution >= 0.6 is 11.8 Å². The van der Waals surface area contributed by atoms with E-state index in [-0.39, 0.29) is 5.60 Å². The quantitative estimate of drug-likeness (QED) is 0.840. The molecule has 2 fully saturated rings. The lowest BCUT2D eigenvalue weighted by Crippen LogP contribution is -2.43. The summed E-state index contributed by atoms with van der Waals surface area (Å²) in [5.74, 6) is 3.38. The van der Waals surface area contributed by atoms with E-state index in [1.165, 1.54) is 17.7 Å². The summed E-state index contributed by atoms with van der Waals surface area (Å²) in [4.78, 5) is 0. The van der Waals surface area contributed by atoms with Crippen molar-refractivity contribution in [1.29, 1.82) is 0 Å². The van der Waals surface area contributed by atoms with E-state index in [1.54, 1.807) is 0 Å². The van der Waals surface area contributed by atoms with Gasteiger partial charge in [-0.25, -0.2) is 0 Å². The van der Waals surface area contributed by atoms with Crippen LogP contribution in [0, 0.1) is 0 Å². The zero-order valence-electron chi connectivity index (χ0n) is 11.6. The largest absolute Gasteiger partial charge is 0.490 e. The molecule has 2 heterocycles. The van der Waals surface area contributed by atoms with Crippen molar-refractivity contribution >= 4 is 11.8 Å². The Kier molecular flexibility index (Phi) is 4.04. The van der Waals surface area contributed by atoms with E-state index in [1.807, 2.05) is 11.8 Å². The van der Waals surface area contributed by atoms with E-state index in [0.29, 0.717) is 6.10 Å². The van der Waals surface area contributed by atoms with Crippen LogP contribution in [0.5, 0.6) is 5.75 Å². The van der Waals surface area contributed by atoms with E-state index in [9.17, 15) is 0 Å². The van der Waals surface area contributed by atoms with Gasteiger partial charge < -0.3 is 9.47 Å². The monoisotopic (exact) mass is 278 g/mol. The molecule has 3 heteroatoms. The summed E-state index contributed by atoms with van der Waals surface area (Å²) in [5, 5.41) is 0. The molecular weight excluding hydrogens is 256 g/mol. The molecule has 0 amide bonds. The van der Waals surface area contributed by atoms with E-state index >= 15 is 0 Å². The fraction of sp³-hybridized carbons (Fsp3) is 0.625. The van der Waals surface area contributed by atoms with Crippen molar-refractivity contribution < 1.29 is 9.47 Å². The van der Waals surface area contributed by atoms with Crippen LogP contribution in [0.1, 0.15) is 31.7 Å². The molecule has 1 aromatic rings. The van der Waals surface area contributed by atoms with Gasteiger partial charge in [0.05, 0.1) is 12.2 Å². The van der Waals surface area contributed by atoms with Crippen molar-refractivity contribution in [3.05, 3.63) is 29.8 Å². The first-order chi connectivity index (χ1) is 9.30. The van der Waals surface area contributed by atoms with Gasteiger partial charge in [-0.3, -0.25) is 0 Å². The first-order valence-electron chi connectivity index (χ1n) is 7.27. The van der Waals surface area contributed by atoms with Crippen molar-refractivity contribution in [2.45, 2.75) is 44.3 Å². The second-order valence-corrected chi connectivity index (χ2v) is 6.67. The van der Waals surface area contributed by atoms with Crippen LogP contribution in [-0.4, -0.2) is 29.8 Å². The second kappa shape index (κ2) is 5.76. The summed E-state index contributed by atoms with van der Waals surface area (Å²) >= 11 is 2.01. The van der Waals surface area contributed by atoms with E-state index in [4.69, 9.17) is 9.47 Å². The predicted molar refractivity (Wildman–Crippen MR) is 80.1 cm³/mol. The Morgan fingerprint density at radius 1 is 1.37 bits per heavy atom. The molecule has 0 aliphatic carbocycles. The lowest BCUT2D eigenvalue weighted by atomic mass is 9.91. The molecule has 2 aliphatic rings. The molecule has 2 atom stereocenters. The molecule has 0 bridgehead atoms. The maximum atomic E-state index is 6.15. The maximum Gasteiger partial charge on any atom is 0.119 e. The number of rotatable bonds is 3. The highest BCUT2D eigenvalue weighted by Crippen LogP contribution is 2.39. The van der Waals surface area contributed by atoms with Gasteiger partial charge in [0.2, 0.25) is 0 Å². The molecule has 2 aliphatic heterocycles. The third-order valence-corrected chi connectivity index (χ3v) is 5.37. The van der Waals surface area contributed by atoms with Crippen molar-refractivity contribution in [3.63, 3.8) is 0 Å². The fourth-order valence-electron chi connectivity index (χ4n) is 2.94. The van der Waals surface area contributed by atoms with Gasteiger partial charge in [-0.2, -0.15) is 11.8 Å². The minimum atomic E-state index is 0.108. The molecule has 0 N–H and O–H groups in total. The Morgan fingerprint density at radius 2 is 2.21 bits per heavy atom. The van der Waals surface area contributed by atoms with Crippen LogP contribution in [-0.2, 0) is 11.2 Å². The fourth-order valence-corrected chi connectivity index (χ4v) is 4.32. The lowest BCUT2D eigenvalue weighted by Gasteiger charge is -2.37. The van der Waals surface area contributed by atoms with Crippen molar-refractivity contribution in [3.8, 4) is 5.75 Å². The highest BCUT2D eigenvalue weighted by Gasteiger charge is 2.41. The molecule has 0 radical (unpaired) electrons.